The van der Waals surface area contributed by atoms with Gasteiger partial charge >= 0.3 is 11.9 Å². The molecule has 0 amide bonds. The monoisotopic (exact) mass is 1300 g/mol. The third-order valence-corrected chi connectivity index (χ3v) is 16.5. The minimum absolute atomic E-state index is 0.0404. The Labute approximate surface area is 566 Å². The molecule has 2 unspecified atom stereocenters. The van der Waals surface area contributed by atoms with Gasteiger partial charge in [0.05, 0.1) is 27.7 Å². The van der Waals surface area contributed by atoms with Crippen molar-refractivity contribution in [3.63, 3.8) is 0 Å². The molecule has 0 aromatic carbocycles. The zero-order valence-electron chi connectivity index (χ0n) is 59.7. The van der Waals surface area contributed by atoms with Crippen LogP contribution in [0.5, 0.6) is 0 Å². The van der Waals surface area contributed by atoms with E-state index in [-0.39, 0.29) is 32.0 Å². The number of phosphoric acid groups is 1. The number of rotatable bonds is 67. The molecule has 0 rings (SSSR count). The summed E-state index contributed by atoms with van der Waals surface area (Å²) in [7, 11) is 1.14. The number of nitrogens with zero attached hydrogens (tertiary/aromatic N) is 1. The van der Waals surface area contributed by atoms with E-state index in [0.29, 0.717) is 17.4 Å². The highest BCUT2D eigenvalue weighted by atomic mass is 31.2. The van der Waals surface area contributed by atoms with Crippen LogP contribution in [0.2, 0.25) is 0 Å². The fourth-order valence-electron chi connectivity index (χ4n) is 9.94. The second kappa shape index (κ2) is 70.9. The maximum absolute atomic E-state index is 12.9. The molecule has 0 aromatic rings. The Morgan fingerprint density at radius 2 is 0.587 bits per heavy atom. The summed E-state index contributed by atoms with van der Waals surface area (Å²) < 4.78 is 34.3. The Balaban J connectivity index is 4.06. The number of likely N-dealkylation sites (N-methyl/N-ethyl adjacent to an activating group) is 1. The molecular weight excluding hydrogens is 1160 g/mol. The van der Waals surface area contributed by atoms with Gasteiger partial charge in [0.15, 0.2) is 6.10 Å². The first-order valence-corrected chi connectivity index (χ1v) is 38.7. The number of phosphoric ester groups is 1. The molecule has 0 aliphatic carbocycles. The van der Waals surface area contributed by atoms with Gasteiger partial charge in [-0.15, -0.1) is 0 Å². The van der Waals surface area contributed by atoms with Crippen molar-refractivity contribution in [3.05, 3.63) is 158 Å². The SMILES string of the molecule is CC/C=C\C/C=C\C/C=C\C/C=C\C/C=C\C/C=C\C/C=C\C/C=C\CCCCCCCCC(=O)OC(COC(=O)CCCCCCCCCCCCCCCCCCCCCCC/C=C\C/C=C\C/C=C\C/C=C\C/C=C\CC)COP(=O)([O-])OCC[N+](C)(C)C. The lowest BCUT2D eigenvalue weighted by Crippen LogP contribution is -2.37. The number of esters is 2. The fourth-order valence-corrected chi connectivity index (χ4v) is 10.7. The number of hydrogen-bond acceptors (Lipinski definition) is 8. The largest absolute Gasteiger partial charge is 0.756 e. The number of carbonyl (C=O) groups excluding carboxylic acids is 2. The number of carbonyl (C=O) groups is 2. The van der Waals surface area contributed by atoms with Crippen molar-refractivity contribution < 1.29 is 42.1 Å². The summed E-state index contributed by atoms with van der Waals surface area (Å²) in [5, 5.41) is 0. The predicted molar refractivity (Wildman–Crippen MR) is 397 cm³/mol. The van der Waals surface area contributed by atoms with Gasteiger partial charge in [-0.05, 0) is 122 Å². The third kappa shape index (κ3) is 74.7. The van der Waals surface area contributed by atoms with Crippen LogP contribution in [0.25, 0.3) is 0 Å². The van der Waals surface area contributed by atoms with Crippen LogP contribution >= 0.6 is 7.82 Å². The predicted octanol–water partition coefficient (Wildman–Crippen LogP) is 24.1. The number of allylic oxidation sites excluding steroid dienone is 26. The smallest absolute Gasteiger partial charge is 0.306 e. The van der Waals surface area contributed by atoms with E-state index in [9.17, 15) is 19.0 Å². The fraction of sp³-hybridized carbons (Fsp3) is 0.659. The van der Waals surface area contributed by atoms with Crippen LogP contribution in [0.3, 0.4) is 0 Å². The minimum Gasteiger partial charge on any atom is -0.756 e. The quantitative estimate of drug-likeness (QED) is 0.0195. The summed E-state index contributed by atoms with van der Waals surface area (Å²) in [5.74, 6) is -0.850. The van der Waals surface area contributed by atoms with E-state index in [1.807, 2.05) is 21.1 Å². The second-order valence-electron chi connectivity index (χ2n) is 25.5. The van der Waals surface area contributed by atoms with Crippen molar-refractivity contribution in [3.8, 4) is 0 Å². The van der Waals surface area contributed by atoms with Gasteiger partial charge in [0, 0.05) is 12.8 Å². The molecule has 0 saturated heterocycles. The minimum atomic E-state index is -4.66. The summed E-state index contributed by atoms with van der Waals surface area (Å²) in [4.78, 5) is 38.1. The Hall–Kier alpha value is -4.37. The summed E-state index contributed by atoms with van der Waals surface area (Å²) in [6.07, 6.45) is 106. The van der Waals surface area contributed by atoms with Gasteiger partial charge < -0.3 is 27.9 Å². The van der Waals surface area contributed by atoms with Crippen LogP contribution in [0.1, 0.15) is 296 Å². The first-order valence-electron chi connectivity index (χ1n) is 37.2. The molecule has 524 valence electrons. The molecule has 9 nitrogen and oxygen atoms in total. The van der Waals surface area contributed by atoms with Crippen molar-refractivity contribution in [1.82, 2.24) is 0 Å². The first kappa shape index (κ1) is 87.6. The standard InChI is InChI=1S/C82H138NO8P/c1-6-8-10-12-14-16-18-20-22-24-26-28-30-32-34-36-38-39-40-41-42-43-45-46-48-50-52-54-56-58-60-62-64-66-68-70-72-74-81(84)88-78-80(79-90-92(86,87)89-77-76-83(3,4)5)91-82(85)75-73-71-69-67-65-63-61-59-57-55-53-51-49-47-44-37-35-33-31-29-27-25-23-21-19-17-15-13-11-9-7-2/h8-11,14-17,20-23,26-29,32-35,44,47,51,53,57,59,80H,6-7,12-13,18-19,24-25,30-31,36-43,45-46,48-50,52,54-56,58,60-79H2,1-5H3/b10-8-,11-9-,16-14-,17-15-,22-20-,23-21-,28-26-,29-27-,34-32-,35-33-,47-44-,53-51-,59-57-. The Morgan fingerprint density at radius 3 is 0.870 bits per heavy atom. The molecule has 0 saturated carbocycles. The maximum Gasteiger partial charge on any atom is 0.306 e. The zero-order valence-corrected chi connectivity index (χ0v) is 60.6. The topological polar surface area (TPSA) is 111 Å². The summed E-state index contributed by atoms with van der Waals surface area (Å²) in [5.41, 5.74) is 0. The second-order valence-corrected chi connectivity index (χ2v) is 27.0. The molecule has 0 heterocycles. The number of quaternary nitrogens is 1. The van der Waals surface area contributed by atoms with Crippen LogP contribution in [-0.2, 0) is 32.7 Å². The van der Waals surface area contributed by atoms with Gasteiger partial charge in [-0.25, -0.2) is 0 Å². The van der Waals surface area contributed by atoms with Crippen molar-refractivity contribution in [1.29, 1.82) is 0 Å². The molecule has 0 bridgehead atoms. The summed E-state index contributed by atoms with van der Waals surface area (Å²) in [6.45, 7) is 4.00. The lowest BCUT2D eigenvalue weighted by atomic mass is 10.0. The van der Waals surface area contributed by atoms with E-state index in [0.717, 1.165) is 141 Å². The molecule has 0 aliphatic heterocycles. The average molecular weight is 1300 g/mol. The normalized spacial score (nSPS) is 14.0. The highest BCUT2D eigenvalue weighted by Gasteiger charge is 2.22. The molecule has 0 fully saturated rings. The van der Waals surface area contributed by atoms with Crippen LogP contribution < -0.4 is 4.89 Å². The van der Waals surface area contributed by atoms with Gasteiger partial charge in [-0.3, -0.25) is 14.2 Å². The van der Waals surface area contributed by atoms with Gasteiger partial charge in [0.25, 0.3) is 7.82 Å². The van der Waals surface area contributed by atoms with Crippen molar-refractivity contribution in [2.75, 3.05) is 47.5 Å². The number of hydrogen-bond donors (Lipinski definition) is 0. The average Bonchev–Trinajstić information content (AvgIpc) is 2.14. The van der Waals surface area contributed by atoms with Crippen LogP contribution in [0, 0.1) is 0 Å². The van der Waals surface area contributed by atoms with Crippen LogP contribution in [0.4, 0.5) is 0 Å². The van der Waals surface area contributed by atoms with Crippen molar-refractivity contribution in [2.45, 2.75) is 302 Å². The van der Waals surface area contributed by atoms with Crippen molar-refractivity contribution >= 4 is 19.8 Å². The molecule has 2 atom stereocenters. The maximum atomic E-state index is 12.9. The highest BCUT2D eigenvalue weighted by molar-refractivity contribution is 7.45. The van der Waals surface area contributed by atoms with E-state index in [4.69, 9.17) is 18.5 Å². The molecule has 0 aromatic heterocycles. The Kier molecular flexibility index (Phi) is 67.6. The van der Waals surface area contributed by atoms with E-state index in [1.54, 1.807) is 0 Å². The van der Waals surface area contributed by atoms with E-state index < -0.39 is 26.5 Å². The summed E-state index contributed by atoms with van der Waals surface area (Å²) >= 11 is 0. The Morgan fingerprint density at radius 1 is 0.337 bits per heavy atom. The highest BCUT2D eigenvalue weighted by Crippen LogP contribution is 2.38. The molecule has 0 radical (unpaired) electrons. The Bertz CT molecular complexity index is 2110. The molecule has 0 aliphatic rings. The van der Waals surface area contributed by atoms with Crippen molar-refractivity contribution in [2.24, 2.45) is 0 Å². The van der Waals surface area contributed by atoms with E-state index >= 15 is 0 Å². The van der Waals surface area contributed by atoms with E-state index in [2.05, 4.69) is 172 Å². The van der Waals surface area contributed by atoms with Gasteiger partial charge in [0.2, 0.25) is 0 Å². The third-order valence-electron chi connectivity index (χ3n) is 15.5. The zero-order chi connectivity index (χ0) is 66.9. The van der Waals surface area contributed by atoms with Gasteiger partial charge in [0.1, 0.15) is 19.8 Å². The molecule has 0 spiro atoms. The lowest BCUT2D eigenvalue weighted by molar-refractivity contribution is -0.870. The first-order chi connectivity index (χ1) is 45.0. The van der Waals surface area contributed by atoms with Crippen LogP contribution in [-0.4, -0.2) is 70.0 Å². The number of unbranched alkanes of at least 4 members (excludes halogenated alkanes) is 27. The van der Waals surface area contributed by atoms with Gasteiger partial charge in [-0.2, -0.15) is 0 Å². The van der Waals surface area contributed by atoms with Gasteiger partial charge in [-0.1, -0.05) is 320 Å². The molecule has 0 N–H and O–H groups in total. The molecule has 92 heavy (non-hydrogen) atoms. The van der Waals surface area contributed by atoms with E-state index in [1.165, 1.54) is 122 Å². The molecular formula is C82H138NO8P. The number of ether oxygens (including phenoxy) is 2. The van der Waals surface area contributed by atoms with Crippen LogP contribution in [0.15, 0.2) is 158 Å². The summed E-state index contributed by atoms with van der Waals surface area (Å²) in [6, 6.07) is 0. The lowest BCUT2D eigenvalue weighted by Gasteiger charge is -2.28. The molecule has 10 heteroatoms.